The summed E-state index contributed by atoms with van der Waals surface area (Å²) in [6.07, 6.45) is 2.13. The number of rotatable bonds is 4. The minimum Gasteiger partial charge on any atom is -0.372 e. The average molecular weight is 323 g/mol. The lowest BCUT2D eigenvalue weighted by Gasteiger charge is -2.32. The molecular weight excluding hydrogens is 298 g/mol. The van der Waals surface area contributed by atoms with Gasteiger partial charge in [0.15, 0.2) is 0 Å². The Hall–Kier alpha value is -2.13. The number of carbonyl (C=O) groups is 1. The molecule has 0 spiro atoms. The molecule has 1 saturated heterocycles. The molecule has 0 saturated carbocycles. The first-order valence-electron chi connectivity index (χ1n) is 8.65. The van der Waals surface area contributed by atoms with Crippen molar-refractivity contribution in [2.24, 2.45) is 0 Å². The Kier molecular flexibility index (Phi) is 5.31. The standard InChI is InChI=1S/C21H25NO2/c1-16-8-10-19(11-9-16)21(23)22-12-4-7-20(14-22)24-15-18-6-3-5-17(2)13-18/h3,5-6,8-11,13,20H,4,7,12,14-15H2,1-2H3. The van der Waals surface area contributed by atoms with E-state index in [9.17, 15) is 4.79 Å². The van der Waals surface area contributed by atoms with E-state index in [1.54, 1.807) is 0 Å². The summed E-state index contributed by atoms with van der Waals surface area (Å²) in [5.41, 5.74) is 4.37. The molecule has 0 N–H and O–H groups in total. The summed E-state index contributed by atoms with van der Waals surface area (Å²) in [5.74, 6) is 0.110. The van der Waals surface area contributed by atoms with Crippen LogP contribution in [0.2, 0.25) is 0 Å². The van der Waals surface area contributed by atoms with Crippen LogP contribution in [0.25, 0.3) is 0 Å². The zero-order valence-corrected chi connectivity index (χ0v) is 14.5. The van der Waals surface area contributed by atoms with Crippen molar-refractivity contribution in [3.05, 3.63) is 70.8 Å². The topological polar surface area (TPSA) is 29.5 Å². The molecule has 3 heteroatoms. The molecular formula is C21H25NO2. The average Bonchev–Trinajstić information content (AvgIpc) is 2.60. The number of nitrogens with zero attached hydrogens (tertiary/aromatic N) is 1. The van der Waals surface area contributed by atoms with Crippen molar-refractivity contribution in [3.63, 3.8) is 0 Å². The van der Waals surface area contributed by atoms with Gasteiger partial charge in [-0.1, -0.05) is 47.5 Å². The van der Waals surface area contributed by atoms with Gasteiger partial charge in [-0.2, -0.15) is 0 Å². The van der Waals surface area contributed by atoms with E-state index in [2.05, 4.69) is 31.2 Å². The van der Waals surface area contributed by atoms with Gasteiger partial charge in [-0.15, -0.1) is 0 Å². The molecule has 1 aliphatic rings. The van der Waals surface area contributed by atoms with Gasteiger partial charge < -0.3 is 9.64 Å². The summed E-state index contributed by atoms with van der Waals surface area (Å²) >= 11 is 0. The smallest absolute Gasteiger partial charge is 0.253 e. The first-order chi connectivity index (χ1) is 11.6. The van der Waals surface area contributed by atoms with Crippen molar-refractivity contribution < 1.29 is 9.53 Å². The number of amides is 1. The maximum absolute atomic E-state index is 12.6. The van der Waals surface area contributed by atoms with Crippen molar-refractivity contribution in [2.75, 3.05) is 13.1 Å². The summed E-state index contributed by atoms with van der Waals surface area (Å²) in [6.45, 7) is 6.23. The quantitative estimate of drug-likeness (QED) is 0.847. The second-order valence-electron chi connectivity index (χ2n) is 6.68. The lowest BCUT2D eigenvalue weighted by Crippen LogP contribution is -2.43. The Balaban J connectivity index is 1.57. The van der Waals surface area contributed by atoms with Gasteiger partial charge in [-0.05, 0) is 44.4 Å². The molecule has 0 aromatic heterocycles. The van der Waals surface area contributed by atoms with E-state index in [1.807, 2.05) is 36.1 Å². The molecule has 0 aliphatic carbocycles. The summed E-state index contributed by atoms with van der Waals surface area (Å²) in [5, 5.41) is 0. The van der Waals surface area contributed by atoms with E-state index >= 15 is 0 Å². The monoisotopic (exact) mass is 323 g/mol. The van der Waals surface area contributed by atoms with Gasteiger partial charge in [0.25, 0.3) is 5.91 Å². The van der Waals surface area contributed by atoms with Crippen LogP contribution in [0, 0.1) is 13.8 Å². The number of hydrogen-bond donors (Lipinski definition) is 0. The molecule has 3 rings (SSSR count). The SMILES string of the molecule is Cc1ccc(C(=O)N2CCCC(OCc3cccc(C)c3)C2)cc1. The third-order valence-electron chi connectivity index (χ3n) is 4.53. The van der Waals surface area contributed by atoms with E-state index < -0.39 is 0 Å². The van der Waals surface area contributed by atoms with Crippen molar-refractivity contribution in [2.45, 2.75) is 39.4 Å². The van der Waals surface area contributed by atoms with Gasteiger partial charge in [-0.3, -0.25) is 4.79 Å². The third-order valence-corrected chi connectivity index (χ3v) is 4.53. The van der Waals surface area contributed by atoms with E-state index in [0.29, 0.717) is 13.2 Å². The fraction of sp³-hybridized carbons (Fsp3) is 0.381. The molecule has 2 aromatic carbocycles. The summed E-state index contributed by atoms with van der Waals surface area (Å²) in [4.78, 5) is 14.6. The van der Waals surface area contributed by atoms with Crippen LogP contribution in [-0.4, -0.2) is 30.0 Å². The zero-order valence-electron chi connectivity index (χ0n) is 14.5. The fourth-order valence-electron chi connectivity index (χ4n) is 3.15. The maximum Gasteiger partial charge on any atom is 0.253 e. The van der Waals surface area contributed by atoms with Crippen molar-refractivity contribution >= 4 is 5.91 Å². The number of aryl methyl sites for hydroxylation is 2. The first kappa shape index (κ1) is 16.7. The molecule has 24 heavy (non-hydrogen) atoms. The van der Waals surface area contributed by atoms with Crippen molar-refractivity contribution in [1.82, 2.24) is 4.90 Å². The maximum atomic E-state index is 12.6. The van der Waals surface area contributed by atoms with Gasteiger partial charge in [0, 0.05) is 18.7 Å². The minimum atomic E-state index is 0.110. The molecule has 0 bridgehead atoms. The van der Waals surface area contributed by atoms with Gasteiger partial charge in [0.05, 0.1) is 12.7 Å². The highest BCUT2D eigenvalue weighted by Crippen LogP contribution is 2.18. The number of benzene rings is 2. The van der Waals surface area contributed by atoms with Crippen LogP contribution >= 0.6 is 0 Å². The van der Waals surface area contributed by atoms with Crippen molar-refractivity contribution in [3.8, 4) is 0 Å². The van der Waals surface area contributed by atoms with Gasteiger partial charge in [0.1, 0.15) is 0 Å². The summed E-state index contributed by atoms with van der Waals surface area (Å²) < 4.78 is 6.07. The van der Waals surface area contributed by atoms with Gasteiger partial charge >= 0.3 is 0 Å². The molecule has 1 unspecified atom stereocenters. The second-order valence-corrected chi connectivity index (χ2v) is 6.68. The van der Waals surface area contributed by atoms with E-state index in [-0.39, 0.29) is 12.0 Å². The predicted octanol–water partition coefficient (Wildman–Crippen LogP) is 4.12. The zero-order chi connectivity index (χ0) is 16.9. The van der Waals surface area contributed by atoms with E-state index in [0.717, 1.165) is 24.9 Å². The second kappa shape index (κ2) is 7.63. The molecule has 1 heterocycles. The predicted molar refractivity (Wildman–Crippen MR) is 96.1 cm³/mol. The highest BCUT2D eigenvalue weighted by molar-refractivity contribution is 5.94. The molecule has 3 nitrogen and oxygen atoms in total. The normalized spacial score (nSPS) is 17.8. The lowest BCUT2D eigenvalue weighted by atomic mass is 10.1. The number of ether oxygens (including phenoxy) is 1. The van der Waals surface area contributed by atoms with Crippen LogP contribution in [0.5, 0.6) is 0 Å². The van der Waals surface area contributed by atoms with Crippen molar-refractivity contribution in [1.29, 1.82) is 0 Å². The summed E-state index contributed by atoms with van der Waals surface area (Å²) in [6, 6.07) is 16.2. The molecule has 1 fully saturated rings. The Labute approximate surface area is 144 Å². The molecule has 126 valence electrons. The highest BCUT2D eigenvalue weighted by Gasteiger charge is 2.24. The highest BCUT2D eigenvalue weighted by atomic mass is 16.5. The lowest BCUT2D eigenvalue weighted by molar-refractivity contribution is -0.00673. The molecule has 1 amide bonds. The first-order valence-corrected chi connectivity index (χ1v) is 8.65. The minimum absolute atomic E-state index is 0.110. The largest absolute Gasteiger partial charge is 0.372 e. The van der Waals surface area contributed by atoms with E-state index in [1.165, 1.54) is 16.7 Å². The van der Waals surface area contributed by atoms with Crippen LogP contribution < -0.4 is 0 Å². The number of carbonyl (C=O) groups excluding carboxylic acids is 1. The van der Waals surface area contributed by atoms with Crippen LogP contribution in [0.3, 0.4) is 0 Å². The molecule has 1 atom stereocenters. The van der Waals surface area contributed by atoms with Crippen LogP contribution in [0.1, 0.15) is 39.9 Å². The Morgan fingerprint density at radius 1 is 1.12 bits per heavy atom. The summed E-state index contributed by atoms with van der Waals surface area (Å²) in [7, 11) is 0. The molecule has 1 aliphatic heterocycles. The Morgan fingerprint density at radius 3 is 2.67 bits per heavy atom. The third kappa shape index (κ3) is 4.24. The number of hydrogen-bond acceptors (Lipinski definition) is 2. The van der Waals surface area contributed by atoms with E-state index in [4.69, 9.17) is 4.74 Å². The number of piperidine rings is 1. The Bertz CT molecular complexity index is 693. The Morgan fingerprint density at radius 2 is 1.92 bits per heavy atom. The number of likely N-dealkylation sites (tertiary alicyclic amines) is 1. The van der Waals surface area contributed by atoms with Crippen LogP contribution in [-0.2, 0) is 11.3 Å². The van der Waals surface area contributed by atoms with Crippen LogP contribution in [0.4, 0.5) is 0 Å². The van der Waals surface area contributed by atoms with Crippen LogP contribution in [0.15, 0.2) is 48.5 Å². The van der Waals surface area contributed by atoms with Gasteiger partial charge in [-0.25, -0.2) is 0 Å². The fourth-order valence-corrected chi connectivity index (χ4v) is 3.15. The molecule has 0 radical (unpaired) electrons. The van der Waals surface area contributed by atoms with Gasteiger partial charge in [0.2, 0.25) is 0 Å². The molecule has 2 aromatic rings.